The summed E-state index contributed by atoms with van der Waals surface area (Å²) in [5.74, 6) is 0.0924. The number of halogens is 3. The number of hydrogen-bond donors (Lipinski definition) is 0. The van der Waals surface area contributed by atoms with Gasteiger partial charge >= 0.3 is 0 Å². The fraction of sp³-hybridized carbons (Fsp3) is 0.545. The summed E-state index contributed by atoms with van der Waals surface area (Å²) in [6, 6.07) is 2.09. The lowest BCUT2D eigenvalue weighted by atomic mass is 10.2. The second-order valence-corrected chi connectivity index (χ2v) is 8.42. The first-order valence-corrected chi connectivity index (χ1v) is 8.81. The van der Waals surface area contributed by atoms with E-state index in [2.05, 4.69) is 47.8 Å². The highest BCUT2D eigenvalue weighted by Crippen LogP contribution is 2.32. The molecule has 0 fully saturated rings. The van der Waals surface area contributed by atoms with E-state index in [0.29, 0.717) is 0 Å². The van der Waals surface area contributed by atoms with Gasteiger partial charge in [-0.15, -0.1) is 11.3 Å². The van der Waals surface area contributed by atoms with Gasteiger partial charge in [0.05, 0.1) is 13.1 Å². The fourth-order valence-electron chi connectivity index (χ4n) is 1.47. The Morgan fingerprint density at radius 2 is 2.12 bits per heavy atom. The van der Waals surface area contributed by atoms with Gasteiger partial charge in [0, 0.05) is 17.9 Å². The molecular formula is C11H14Br3NOS. The van der Waals surface area contributed by atoms with Crippen molar-refractivity contribution in [2.75, 3.05) is 11.9 Å². The van der Waals surface area contributed by atoms with Gasteiger partial charge in [-0.25, -0.2) is 0 Å². The molecule has 0 saturated carbocycles. The molecule has 1 heterocycles. The Kier molecular flexibility index (Phi) is 6.69. The van der Waals surface area contributed by atoms with Crippen LogP contribution >= 0.6 is 59.1 Å². The third kappa shape index (κ3) is 4.33. The van der Waals surface area contributed by atoms with E-state index < -0.39 is 0 Å². The lowest BCUT2D eigenvalue weighted by Crippen LogP contribution is -2.37. The van der Waals surface area contributed by atoms with Crippen molar-refractivity contribution < 1.29 is 4.79 Å². The highest BCUT2D eigenvalue weighted by molar-refractivity contribution is 9.12. The molecule has 0 bridgehead atoms. The lowest BCUT2D eigenvalue weighted by Gasteiger charge is -2.26. The molecule has 1 rings (SSSR count). The minimum absolute atomic E-state index is 0.0924. The van der Waals surface area contributed by atoms with Crippen molar-refractivity contribution in [3.63, 3.8) is 0 Å². The topological polar surface area (TPSA) is 20.3 Å². The van der Waals surface area contributed by atoms with E-state index in [0.717, 1.165) is 31.4 Å². The monoisotopic (exact) mass is 445 g/mol. The summed E-state index contributed by atoms with van der Waals surface area (Å²) < 4.78 is 1.86. The van der Waals surface area contributed by atoms with Crippen LogP contribution in [0.2, 0.25) is 0 Å². The minimum atomic E-state index is 0.0924. The first-order chi connectivity index (χ1) is 7.97. The van der Waals surface area contributed by atoms with Crippen LogP contribution in [0.1, 0.15) is 30.6 Å². The largest absolute Gasteiger partial charge is 0.336 e. The molecule has 2 nitrogen and oxygen atoms in total. The van der Waals surface area contributed by atoms with Crippen LogP contribution in [-0.2, 0) is 0 Å². The second-order valence-electron chi connectivity index (χ2n) is 3.87. The summed E-state index contributed by atoms with van der Waals surface area (Å²) in [6.45, 7) is 4.87. The average Bonchev–Trinajstić information content (AvgIpc) is 2.57. The zero-order chi connectivity index (χ0) is 13.0. The zero-order valence-corrected chi connectivity index (χ0v) is 15.2. The van der Waals surface area contributed by atoms with Gasteiger partial charge in [0.2, 0.25) is 0 Å². The Morgan fingerprint density at radius 1 is 1.47 bits per heavy atom. The summed E-state index contributed by atoms with van der Waals surface area (Å²) in [5.41, 5.74) is 0.741. The second kappa shape index (κ2) is 7.26. The van der Waals surface area contributed by atoms with E-state index in [1.54, 1.807) is 0 Å². The third-order valence-corrected chi connectivity index (χ3v) is 5.20. The first-order valence-electron chi connectivity index (χ1n) is 5.29. The van der Waals surface area contributed by atoms with E-state index >= 15 is 0 Å². The average molecular weight is 448 g/mol. The van der Waals surface area contributed by atoms with Crippen LogP contribution in [-0.4, -0.2) is 28.7 Å². The van der Waals surface area contributed by atoms with Crippen molar-refractivity contribution in [1.82, 2.24) is 4.90 Å². The smallest absolute Gasteiger partial charge is 0.256 e. The number of rotatable bonds is 5. The Hall–Kier alpha value is 0.610. The number of nitrogens with zero attached hydrogens (tertiary/aromatic N) is 1. The highest BCUT2D eigenvalue weighted by Gasteiger charge is 2.22. The van der Waals surface area contributed by atoms with Crippen LogP contribution in [0, 0.1) is 0 Å². The predicted molar refractivity (Wildman–Crippen MR) is 84.3 cm³/mol. The summed E-state index contributed by atoms with van der Waals surface area (Å²) in [5, 5.41) is 0.915. The molecule has 0 saturated heterocycles. The maximum absolute atomic E-state index is 12.4. The fourth-order valence-corrected chi connectivity index (χ4v) is 4.49. The lowest BCUT2D eigenvalue weighted by molar-refractivity contribution is 0.0706. The number of thiophene rings is 1. The number of carbonyl (C=O) groups excluding carboxylic acids is 1. The van der Waals surface area contributed by atoms with Gasteiger partial charge in [-0.05, 0) is 58.2 Å². The van der Waals surface area contributed by atoms with Crippen LogP contribution in [0.4, 0.5) is 0 Å². The molecule has 1 amide bonds. The number of alkyl halides is 1. The van der Waals surface area contributed by atoms with E-state index in [-0.39, 0.29) is 11.9 Å². The molecule has 0 radical (unpaired) electrons. The molecule has 1 aromatic rings. The number of carbonyl (C=O) groups is 1. The molecule has 0 aliphatic rings. The van der Waals surface area contributed by atoms with Crippen molar-refractivity contribution in [1.29, 1.82) is 0 Å². The molecule has 0 aromatic carbocycles. The maximum atomic E-state index is 12.4. The van der Waals surface area contributed by atoms with Gasteiger partial charge in [0.15, 0.2) is 0 Å². The Morgan fingerprint density at radius 3 is 2.53 bits per heavy atom. The van der Waals surface area contributed by atoms with Crippen molar-refractivity contribution >= 4 is 65.0 Å². The van der Waals surface area contributed by atoms with Crippen molar-refractivity contribution in [2.45, 2.75) is 26.3 Å². The van der Waals surface area contributed by atoms with Crippen LogP contribution in [0.5, 0.6) is 0 Å². The van der Waals surface area contributed by atoms with E-state index in [9.17, 15) is 4.79 Å². The van der Waals surface area contributed by atoms with Gasteiger partial charge in [-0.1, -0.05) is 15.9 Å². The molecule has 0 unspecified atom stereocenters. The molecule has 0 spiro atoms. The number of amides is 1. The van der Waals surface area contributed by atoms with Crippen LogP contribution < -0.4 is 0 Å². The molecule has 0 N–H and O–H groups in total. The molecule has 0 aliphatic heterocycles. The van der Waals surface area contributed by atoms with Crippen molar-refractivity contribution in [3.05, 3.63) is 19.2 Å². The van der Waals surface area contributed by atoms with Crippen LogP contribution in [0.25, 0.3) is 0 Å². The molecule has 17 heavy (non-hydrogen) atoms. The summed E-state index contributed by atoms with van der Waals surface area (Å²) in [6.07, 6.45) is 0.965. The van der Waals surface area contributed by atoms with Gasteiger partial charge in [-0.2, -0.15) is 0 Å². The summed E-state index contributed by atoms with van der Waals surface area (Å²) in [7, 11) is 0. The molecule has 0 atom stereocenters. The van der Waals surface area contributed by atoms with Gasteiger partial charge in [0.1, 0.15) is 0 Å². The van der Waals surface area contributed by atoms with Gasteiger partial charge in [-0.3, -0.25) is 4.79 Å². The minimum Gasteiger partial charge on any atom is -0.336 e. The normalized spacial score (nSPS) is 10.9. The molecule has 96 valence electrons. The Balaban J connectivity index is 2.87. The highest BCUT2D eigenvalue weighted by atomic mass is 79.9. The van der Waals surface area contributed by atoms with E-state index in [1.807, 2.05) is 24.8 Å². The quantitative estimate of drug-likeness (QED) is 0.587. The standard InChI is InChI=1S/C11H14Br3NOS/c1-7(2)15(5-3-4-12)11(16)8-6-9(13)17-10(8)14/h6-7H,3-5H2,1-2H3. The van der Waals surface area contributed by atoms with Gasteiger partial charge in [0.25, 0.3) is 5.91 Å². The summed E-state index contributed by atoms with van der Waals surface area (Å²) >= 11 is 11.8. The molecule has 6 heteroatoms. The zero-order valence-electron chi connectivity index (χ0n) is 9.67. The number of hydrogen-bond acceptors (Lipinski definition) is 2. The molecule has 0 aliphatic carbocycles. The predicted octanol–water partition coefficient (Wildman–Crippen LogP) is 4.91. The van der Waals surface area contributed by atoms with E-state index in [1.165, 1.54) is 11.3 Å². The van der Waals surface area contributed by atoms with Crippen LogP contribution in [0.3, 0.4) is 0 Å². The Labute approximate surface area is 131 Å². The van der Waals surface area contributed by atoms with Crippen molar-refractivity contribution in [2.24, 2.45) is 0 Å². The first kappa shape index (κ1) is 15.7. The molecular weight excluding hydrogens is 434 g/mol. The maximum Gasteiger partial charge on any atom is 0.256 e. The third-order valence-electron chi connectivity index (χ3n) is 2.30. The summed E-state index contributed by atoms with van der Waals surface area (Å²) in [4.78, 5) is 14.3. The SMILES string of the molecule is CC(C)N(CCCBr)C(=O)c1cc(Br)sc1Br. The Bertz CT molecular complexity index is 392. The van der Waals surface area contributed by atoms with Gasteiger partial charge < -0.3 is 4.90 Å². The van der Waals surface area contributed by atoms with E-state index in [4.69, 9.17) is 0 Å². The molecule has 1 aromatic heterocycles. The van der Waals surface area contributed by atoms with Crippen LogP contribution in [0.15, 0.2) is 13.6 Å². The van der Waals surface area contributed by atoms with Crippen molar-refractivity contribution in [3.8, 4) is 0 Å².